The van der Waals surface area contributed by atoms with Gasteiger partial charge in [-0.2, -0.15) is 0 Å². The second-order valence-corrected chi connectivity index (χ2v) is 5.81. The topological polar surface area (TPSA) is 54.0 Å². The van der Waals surface area contributed by atoms with Gasteiger partial charge in [0.25, 0.3) is 5.91 Å². The molecule has 0 fully saturated rings. The summed E-state index contributed by atoms with van der Waals surface area (Å²) in [6.45, 7) is 12.3. The molecule has 1 rings (SSSR count). The summed E-state index contributed by atoms with van der Waals surface area (Å²) in [5.41, 5.74) is 1.45. The lowest BCUT2D eigenvalue weighted by Crippen LogP contribution is -2.34. The Bertz CT molecular complexity index is 421. The lowest BCUT2D eigenvalue weighted by Gasteiger charge is -2.25. The van der Waals surface area contributed by atoms with Gasteiger partial charge in [-0.05, 0) is 30.7 Å². The predicted octanol–water partition coefficient (Wildman–Crippen LogP) is 3.17. The van der Waals surface area contributed by atoms with Crippen LogP contribution < -0.4 is 10.6 Å². The maximum atomic E-state index is 12.3. The van der Waals surface area contributed by atoms with Crippen LogP contribution in [0.2, 0.25) is 0 Å². The van der Waals surface area contributed by atoms with E-state index in [1.807, 2.05) is 13.0 Å². The van der Waals surface area contributed by atoms with E-state index in [1.54, 1.807) is 12.4 Å². The second kappa shape index (κ2) is 7.88. The maximum absolute atomic E-state index is 12.3. The van der Waals surface area contributed by atoms with Crippen LogP contribution in [0.5, 0.6) is 0 Å². The first-order valence-corrected chi connectivity index (χ1v) is 7.43. The van der Waals surface area contributed by atoms with Crippen molar-refractivity contribution >= 4 is 11.6 Å². The summed E-state index contributed by atoms with van der Waals surface area (Å²) in [5.74, 6) is 1.54. The van der Waals surface area contributed by atoms with Crippen LogP contribution in [0.3, 0.4) is 0 Å². The summed E-state index contributed by atoms with van der Waals surface area (Å²) in [7, 11) is 0. The Hall–Kier alpha value is -1.58. The van der Waals surface area contributed by atoms with Crippen LogP contribution in [0.1, 0.15) is 45.0 Å². The molecule has 0 bridgehead atoms. The molecule has 0 spiro atoms. The Balaban J connectivity index is 2.71. The number of hydrogen-bond donors (Lipinski definition) is 2. The molecule has 0 saturated carbocycles. The van der Waals surface area contributed by atoms with Gasteiger partial charge in [-0.15, -0.1) is 0 Å². The third-order valence-corrected chi connectivity index (χ3v) is 3.64. The standard InChI is InChI=1S/C16H27N3O/c1-6-18-15-7-8-17-9-14(15)16(20)19-10-13(11(2)3)12(4)5/h7-9,11-13H,6,10H2,1-5H3,(H,17,18)(H,19,20). The van der Waals surface area contributed by atoms with Crippen LogP contribution in [0.25, 0.3) is 0 Å². The minimum atomic E-state index is -0.0552. The molecular weight excluding hydrogens is 250 g/mol. The van der Waals surface area contributed by atoms with E-state index in [2.05, 4.69) is 43.3 Å². The van der Waals surface area contributed by atoms with Gasteiger partial charge in [0.15, 0.2) is 0 Å². The molecule has 0 aliphatic rings. The van der Waals surface area contributed by atoms with Crippen LogP contribution in [0.15, 0.2) is 18.5 Å². The molecule has 2 N–H and O–H groups in total. The van der Waals surface area contributed by atoms with Gasteiger partial charge in [-0.25, -0.2) is 0 Å². The number of hydrogen-bond acceptors (Lipinski definition) is 3. The van der Waals surface area contributed by atoms with Crippen LogP contribution >= 0.6 is 0 Å². The SMILES string of the molecule is CCNc1ccncc1C(=O)NCC(C(C)C)C(C)C. The van der Waals surface area contributed by atoms with Gasteiger partial charge in [-0.1, -0.05) is 27.7 Å². The predicted molar refractivity (Wildman–Crippen MR) is 83.9 cm³/mol. The average Bonchev–Trinajstić information content (AvgIpc) is 2.39. The van der Waals surface area contributed by atoms with E-state index >= 15 is 0 Å². The number of carbonyl (C=O) groups excluding carboxylic acids is 1. The maximum Gasteiger partial charge on any atom is 0.254 e. The summed E-state index contributed by atoms with van der Waals surface area (Å²) in [4.78, 5) is 16.3. The van der Waals surface area contributed by atoms with Crippen LogP contribution in [0.4, 0.5) is 5.69 Å². The van der Waals surface area contributed by atoms with Crippen molar-refractivity contribution in [2.75, 3.05) is 18.4 Å². The van der Waals surface area contributed by atoms with Crippen molar-refractivity contribution in [1.29, 1.82) is 0 Å². The fraction of sp³-hybridized carbons (Fsp3) is 0.625. The molecule has 1 aromatic rings. The highest BCUT2D eigenvalue weighted by atomic mass is 16.1. The molecule has 4 nitrogen and oxygen atoms in total. The smallest absolute Gasteiger partial charge is 0.254 e. The lowest BCUT2D eigenvalue weighted by molar-refractivity contribution is 0.0937. The molecule has 1 aromatic heterocycles. The van der Waals surface area contributed by atoms with E-state index in [1.165, 1.54) is 0 Å². The average molecular weight is 277 g/mol. The quantitative estimate of drug-likeness (QED) is 0.805. The van der Waals surface area contributed by atoms with Crippen molar-refractivity contribution in [2.24, 2.45) is 17.8 Å². The molecule has 1 heterocycles. The summed E-state index contributed by atoms with van der Waals surface area (Å²) in [5, 5.41) is 6.23. The van der Waals surface area contributed by atoms with Crippen LogP contribution in [-0.2, 0) is 0 Å². The molecule has 0 aromatic carbocycles. The van der Waals surface area contributed by atoms with E-state index < -0.39 is 0 Å². The van der Waals surface area contributed by atoms with Crippen molar-refractivity contribution in [1.82, 2.24) is 10.3 Å². The van der Waals surface area contributed by atoms with Gasteiger partial charge >= 0.3 is 0 Å². The van der Waals surface area contributed by atoms with E-state index in [-0.39, 0.29) is 5.91 Å². The van der Waals surface area contributed by atoms with E-state index in [4.69, 9.17) is 0 Å². The molecule has 20 heavy (non-hydrogen) atoms. The van der Waals surface area contributed by atoms with E-state index in [9.17, 15) is 4.79 Å². The third kappa shape index (κ3) is 4.51. The summed E-state index contributed by atoms with van der Waals surface area (Å²) < 4.78 is 0. The minimum absolute atomic E-state index is 0.0552. The van der Waals surface area contributed by atoms with Gasteiger partial charge in [0.1, 0.15) is 0 Å². The van der Waals surface area contributed by atoms with Crippen LogP contribution in [-0.4, -0.2) is 24.0 Å². The molecule has 4 heteroatoms. The Morgan fingerprint density at radius 2 is 1.90 bits per heavy atom. The second-order valence-electron chi connectivity index (χ2n) is 5.81. The molecule has 112 valence electrons. The first-order chi connectivity index (χ1) is 9.47. The largest absolute Gasteiger partial charge is 0.385 e. The summed E-state index contributed by atoms with van der Waals surface area (Å²) in [6.07, 6.45) is 3.31. The fourth-order valence-electron chi connectivity index (χ4n) is 2.47. The molecule has 0 aliphatic heterocycles. The van der Waals surface area contributed by atoms with Crippen molar-refractivity contribution in [2.45, 2.75) is 34.6 Å². The molecule has 0 unspecified atom stereocenters. The first kappa shape index (κ1) is 16.5. The number of amides is 1. The Kier molecular flexibility index (Phi) is 6.49. The van der Waals surface area contributed by atoms with Gasteiger partial charge in [0.2, 0.25) is 0 Å². The molecule has 0 aliphatic carbocycles. The van der Waals surface area contributed by atoms with E-state index in [0.29, 0.717) is 29.9 Å². The normalized spacial score (nSPS) is 11.2. The van der Waals surface area contributed by atoms with Gasteiger partial charge in [0, 0.05) is 25.5 Å². The first-order valence-electron chi connectivity index (χ1n) is 7.43. The highest BCUT2D eigenvalue weighted by Gasteiger charge is 2.19. The minimum Gasteiger partial charge on any atom is -0.385 e. The zero-order chi connectivity index (χ0) is 15.1. The van der Waals surface area contributed by atoms with Crippen molar-refractivity contribution in [3.63, 3.8) is 0 Å². The van der Waals surface area contributed by atoms with Crippen molar-refractivity contribution in [3.8, 4) is 0 Å². The Labute approximate surface area is 122 Å². The van der Waals surface area contributed by atoms with Gasteiger partial charge < -0.3 is 10.6 Å². The number of nitrogens with one attached hydrogen (secondary N) is 2. The highest BCUT2D eigenvalue weighted by molar-refractivity contribution is 5.99. The zero-order valence-corrected chi connectivity index (χ0v) is 13.2. The fourth-order valence-corrected chi connectivity index (χ4v) is 2.47. The monoisotopic (exact) mass is 277 g/mol. The van der Waals surface area contributed by atoms with Gasteiger partial charge in [-0.3, -0.25) is 9.78 Å². The molecule has 0 saturated heterocycles. The molecule has 1 amide bonds. The number of nitrogens with zero attached hydrogens (tertiary/aromatic N) is 1. The lowest BCUT2D eigenvalue weighted by atomic mass is 9.85. The number of pyridine rings is 1. The molecule has 0 atom stereocenters. The highest BCUT2D eigenvalue weighted by Crippen LogP contribution is 2.20. The van der Waals surface area contributed by atoms with Gasteiger partial charge in [0.05, 0.1) is 11.3 Å². The number of aromatic nitrogens is 1. The van der Waals surface area contributed by atoms with Crippen molar-refractivity contribution in [3.05, 3.63) is 24.0 Å². The summed E-state index contributed by atoms with van der Waals surface area (Å²) in [6, 6.07) is 1.83. The number of rotatable bonds is 7. The number of anilines is 1. The molecular formula is C16H27N3O. The third-order valence-electron chi connectivity index (χ3n) is 3.64. The van der Waals surface area contributed by atoms with E-state index in [0.717, 1.165) is 12.2 Å². The summed E-state index contributed by atoms with van der Waals surface area (Å²) >= 11 is 0. The van der Waals surface area contributed by atoms with Crippen molar-refractivity contribution < 1.29 is 4.79 Å². The van der Waals surface area contributed by atoms with Crippen LogP contribution in [0, 0.1) is 17.8 Å². The zero-order valence-electron chi connectivity index (χ0n) is 13.2. The Morgan fingerprint density at radius 1 is 1.25 bits per heavy atom. The molecule has 0 radical (unpaired) electrons. The number of carbonyl (C=O) groups is 1. The Morgan fingerprint density at radius 3 is 2.45 bits per heavy atom.